The summed E-state index contributed by atoms with van der Waals surface area (Å²) in [5, 5.41) is 13.6. The lowest BCUT2D eigenvalue weighted by Gasteiger charge is -2.08. The Bertz CT molecular complexity index is 591. The van der Waals surface area contributed by atoms with E-state index in [1.807, 2.05) is 0 Å². The molecule has 0 unspecified atom stereocenters. The molecule has 0 aliphatic heterocycles. The first-order chi connectivity index (χ1) is 8.11. The van der Waals surface area contributed by atoms with Crippen LogP contribution in [0.3, 0.4) is 0 Å². The van der Waals surface area contributed by atoms with Crippen LogP contribution in [0.4, 0.5) is 13.2 Å². The van der Waals surface area contributed by atoms with E-state index in [0.29, 0.717) is 0 Å². The highest BCUT2D eigenvalue weighted by Crippen LogP contribution is 2.37. The highest BCUT2D eigenvalue weighted by molar-refractivity contribution is 8.00. The number of hydrogen-bond acceptors (Lipinski definition) is 4. The molecule has 0 saturated carbocycles. The predicted octanol–water partition coefficient (Wildman–Crippen LogP) is 1.96. The second kappa shape index (κ2) is 5.17. The van der Waals surface area contributed by atoms with E-state index in [1.54, 1.807) is 6.07 Å². The van der Waals surface area contributed by atoms with Gasteiger partial charge in [0.15, 0.2) is 0 Å². The van der Waals surface area contributed by atoms with Crippen LogP contribution in [0.25, 0.3) is 0 Å². The Kier molecular flexibility index (Phi) is 4.26. The standard InChI is InChI=1S/C9H7F3N2O2S2/c10-9(11,12)17-8-2-1-6(5-18(14,15)16)7(3-8)4-13/h1-3H,5H2,(H2,14,15,16). The fourth-order valence-electron chi connectivity index (χ4n) is 1.20. The Balaban J connectivity index is 3.09. The summed E-state index contributed by atoms with van der Waals surface area (Å²) in [5.74, 6) is -0.590. The minimum Gasteiger partial charge on any atom is -0.228 e. The van der Waals surface area contributed by atoms with Gasteiger partial charge in [-0.2, -0.15) is 18.4 Å². The van der Waals surface area contributed by atoms with E-state index in [9.17, 15) is 21.6 Å². The average Bonchev–Trinajstić information content (AvgIpc) is 2.16. The monoisotopic (exact) mass is 296 g/mol. The Hall–Kier alpha value is -1.24. The molecular weight excluding hydrogens is 289 g/mol. The Morgan fingerprint density at radius 1 is 1.39 bits per heavy atom. The number of benzene rings is 1. The lowest BCUT2D eigenvalue weighted by molar-refractivity contribution is -0.0328. The van der Waals surface area contributed by atoms with Gasteiger partial charge >= 0.3 is 5.51 Å². The summed E-state index contributed by atoms with van der Waals surface area (Å²) < 4.78 is 58.1. The molecule has 98 valence electrons. The van der Waals surface area contributed by atoms with E-state index in [1.165, 1.54) is 0 Å². The number of rotatable bonds is 3. The van der Waals surface area contributed by atoms with E-state index in [-0.39, 0.29) is 27.8 Å². The van der Waals surface area contributed by atoms with Crippen molar-refractivity contribution >= 4 is 21.8 Å². The van der Waals surface area contributed by atoms with Gasteiger partial charge in [-0.1, -0.05) is 6.07 Å². The van der Waals surface area contributed by atoms with Crippen molar-refractivity contribution in [1.29, 1.82) is 5.26 Å². The van der Waals surface area contributed by atoms with Crippen molar-refractivity contribution in [1.82, 2.24) is 0 Å². The first-order valence-electron chi connectivity index (χ1n) is 4.40. The van der Waals surface area contributed by atoms with E-state index < -0.39 is 21.3 Å². The molecule has 0 fully saturated rings. The molecule has 0 aliphatic rings. The van der Waals surface area contributed by atoms with Gasteiger partial charge < -0.3 is 0 Å². The number of hydrogen-bond donors (Lipinski definition) is 1. The van der Waals surface area contributed by atoms with E-state index in [2.05, 4.69) is 0 Å². The molecule has 0 spiro atoms. The van der Waals surface area contributed by atoms with Gasteiger partial charge in [0.25, 0.3) is 0 Å². The summed E-state index contributed by atoms with van der Waals surface area (Å²) in [6.45, 7) is 0. The molecule has 0 heterocycles. The summed E-state index contributed by atoms with van der Waals surface area (Å²) in [6.07, 6.45) is 0. The van der Waals surface area contributed by atoms with Crippen LogP contribution in [0.15, 0.2) is 23.1 Å². The molecule has 1 aromatic rings. The van der Waals surface area contributed by atoms with Gasteiger partial charge in [-0.3, -0.25) is 0 Å². The largest absolute Gasteiger partial charge is 0.446 e. The number of thioether (sulfide) groups is 1. The molecule has 0 bridgehead atoms. The maximum absolute atomic E-state index is 12.1. The predicted molar refractivity (Wildman–Crippen MR) is 59.9 cm³/mol. The summed E-state index contributed by atoms with van der Waals surface area (Å²) in [4.78, 5) is -0.183. The molecule has 0 aromatic heterocycles. The van der Waals surface area contributed by atoms with Crippen molar-refractivity contribution in [2.75, 3.05) is 0 Å². The molecule has 1 aromatic carbocycles. The molecule has 18 heavy (non-hydrogen) atoms. The van der Waals surface area contributed by atoms with Gasteiger partial charge in [0.2, 0.25) is 10.0 Å². The highest BCUT2D eigenvalue weighted by atomic mass is 32.2. The molecule has 9 heteroatoms. The summed E-state index contributed by atoms with van der Waals surface area (Å²) in [5.41, 5.74) is -4.53. The summed E-state index contributed by atoms with van der Waals surface area (Å²) >= 11 is -0.375. The molecule has 2 N–H and O–H groups in total. The van der Waals surface area contributed by atoms with Crippen LogP contribution < -0.4 is 5.14 Å². The third-order valence-electron chi connectivity index (χ3n) is 1.79. The van der Waals surface area contributed by atoms with Crippen LogP contribution in [0.5, 0.6) is 0 Å². The summed E-state index contributed by atoms with van der Waals surface area (Å²) in [6, 6.07) is 4.88. The van der Waals surface area contributed by atoms with Crippen molar-refractivity contribution in [2.45, 2.75) is 16.2 Å². The minimum atomic E-state index is -4.46. The van der Waals surface area contributed by atoms with E-state index >= 15 is 0 Å². The van der Waals surface area contributed by atoms with Crippen LogP contribution in [0.1, 0.15) is 11.1 Å². The molecule has 0 radical (unpaired) electrons. The molecule has 0 amide bonds. The van der Waals surface area contributed by atoms with Crippen molar-refractivity contribution in [3.63, 3.8) is 0 Å². The molecule has 1 rings (SSSR count). The fraction of sp³-hybridized carbons (Fsp3) is 0.222. The fourth-order valence-corrected chi connectivity index (χ4v) is 2.46. The first-order valence-corrected chi connectivity index (χ1v) is 6.93. The molecule has 0 atom stereocenters. The smallest absolute Gasteiger partial charge is 0.228 e. The Morgan fingerprint density at radius 3 is 2.44 bits per heavy atom. The number of nitriles is 1. The van der Waals surface area contributed by atoms with Crippen LogP contribution in [-0.2, 0) is 15.8 Å². The SMILES string of the molecule is N#Cc1cc(SC(F)(F)F)ccc1CS(N)(=O)=O. The molecule has 4 nitrogen and oxygen atoms in total. The maximum atomic E-state index is 12.1. The number of nitrogens with zero attached hydrogens (tertiary/aromatic N) is 1. The number of nitrogens with two attached hydrogens (primary N) is 1. The number of primary sulfonamides is 1. The zero-order valence-electron chi connectivity index (χ0n) is 8.73. The van der Waals surface area contributed by atoms with Gasteiger partial charge in [-0.05, 0) is 29.5 Å². The zero-order chi connectivity index (χ0) is 14.0. The average molecular weight is 296 g/mol. The topological polar surface area (TPSA) is 83.9 Å². The van der Waals surface area contributed by atoms with Crippen molar-refractivity contribution in [3.8, 4) is 6.07 Å². The van der Waals surface area contributed by atoms with Crippen LogP contribution in [-0.4, -0.2) is 13.9 Å². The lowest BCUT2D eigenvalue weighted by Crippen LogP contribution is -2.15. The maximum Gasteiger partial charge on any atom is 0.446 e. The van der Waals surface area contributed by atoms with Gasteiger partial charge in [-0.15, -0.1) is 0 Å². The molecule has 0 saturated heterocycles. The second-order valence-electron chi connectivity index (χ2n) is 3.29. The lowest BCUT2D eigenvalue weighted by atomic mass is 10.1. The third kappa shape index (κ3) is 4.95. The summed E-state index contributed by atoms with van der Waals surface area (Å²) in [7, 11) is -3.84. The molecule has 0 aliphatic carbocycles. The van der Waals surface area contributed by atoms with Crippen LogP contribution in [0, 0.1) is 11.3 Å². The van der Waals surface area contributed by atoms with E-state index in [4.69, 9.17) is 10.4 Å². The Morgan fingerprint density at radius 2 is 2.00 bits per heavy atom. The molecular formula is C9H7F3N2O2S2. The minimum absolute atomic E-state index is 0.0755. The number of sulfonamides is 1. The van der Waals surface area contributed by atoms with Crippen molar-refractivity contribution in [2.24, 2.45) is 5.14 Å². The highest BCUT2D eigenvalue weighted by Gasteiger charge is 2.29. The van der Waals surface area contributed by atoms with Gasteiger partial charge in [-0.25, -0.2) is 13.6 Å². The van der Waals surface area contributed by atoms with Crippen molar-refractivity contribution < 1.29 is 21.6 Å². The normalized spacial score (nSPS) is 12.2. The Labute approximate surface area is 106 Å². The van der Waals surface area contributed by atoms with E-state index in [0.717, 1.165) is 18.2 Å². The zero-order valence-corrected chi connectivity index (χ0v) is 10.4. The number of alkyl halides is 3. The van der Waals surface area contributed by atoms with Gasteiger partial charge in [0.1, 0.15) is 0 Å². The van der Waals surface area contributed by atoms with Gasteiger partial charge in [0, 0.05) is 4.90 Å². The third-order valence-corrected chi connectivity index (χ3v) is 3.23. The van der Waals surface area contributed by atoms with Crippen LogP contribution in [0.2, 0.25) is 0 Å². The van der Waals surface area contributed by atoms with Gasteiger partial charge in [0.05, 0.1) is 17.4 Å². The first kappa shape index (κ1) is 14.8. The van der Waals surface area contributed by atoms with Crippen LogP contribution >= 0.6 is 11.8 Å². The van der Waals surface area contributed by atoms with Crippen molar-refractivity contribution in [3.05, 3.63) is 29.3 Å². The number of halogens is 3. The second-order valence-corrected chi connectivity index (χ2v) is 6.04. The quantitative estimate of drug-likeness (QED) is 0.864.